The van der Waals surface area contributed by atoms with Gasteiger partial charge in [0.2, 0.25) is 0 Å². The number of hydrogen-bond donors (Lipinski definition) is 0. The first-order valence-electron chi connectivity index (χ1n) is 4.96. The van der Waals surface area contributed by atoms with E-state index in [1.54, 1.807) is 0 Å². The van der Waals surface area contributed by atoms with Crippen LogP contribution < -0.4 is 0 Å². The zero-order valence-electron chi connectivity index (χ0n) is 8.85. The van der Waals surface area contributed by atoms with Crippen LogP contribution in [0.15, 0.2) is 17.7 Å². The van der Waals surface area contributed by atoms with Crippen LogP contribution in [0.4, 0.5) is 0 Å². The van der Waals surface area contributed by atoms with E-state index in [9.17, 15) is 0 Å². The Morgan fingerprint density at radius 2 is 2.08 bits per heavy atom. The standard InChI is InChI=1S/C12H21/c1-5-8-12(4)10-7-9-11(3)6-2/h7,9,11H,5-6,8H2,1-4H3. The van der Waals surface area contributed by atoms with Crippen LogP contribution in [-0.2, 0) is 0 Å². The normalized spacial score (nSPS) is 15.5. The van der Waals surface area contributed by atoms with Crippen LogP contribution in [0.3, 0.4) is 0 Å². The van der Waals surface area contributed by atoms with Gasteiger partial charge in [-0.15, -0.1) is 0 Å². The Morgan fingerprint density at radius 3 is 2.58 bits per heavy atom. The highest BCUT2D eigenvalue weighted by molar-refractivity contribution is 5.04. The fraction of sp³-hybridized carbons (Fsp3) is 0.667. The highest BCUT2D eigenvalue weighted by atomic mass is 13.9. The van der Waals surface area contributed by atoms with Gasteiger partial charge in [0, 0.05) is 0 Å². The van der Waals surface area contributed by atoms with E-state index in [2.05, 4.69) is 45.9 Å². The smallest absolute Gasteiger partial charge is 0.0199 e. The quantitative estimate of drug-likeness (QED) is 0.537. The molecule has 0 aliphatic heterocycles. The minimum atomic E-state index is 0.687. The van der Waals surface area contributed by atoms with Crippen LogP contribution in [0.25, 0.3) is 0 Å². The molecule has 0 aliphatic carbocycles. The lowest BCUT2D eigenvalue weighted by molar-refractivity contribution is 0.698. The fourth-order valence-corrected chi connectivity index (χ4v) is 0.938. The topological polar surface area (TPSA) is 0 Å². The van der Waals surface area contributed by atoms with Crippen molar-refractivity contribution in [2.24, 2.45) is 5.92 Å². The molecule has 0 N–H and O–H groups in total. The number of hydrogen-bond acceptors (Lipinski definition) is 0. The molecular weight excluding hydrogens is 144 g/mol. The molecule has 69 valence electrons. The molecule has 0 nitrogen and oxygen atoms in total. The average Bonchev–Trinajstić information content (AvgIpc) is 2.04. The molecule has 0 aromatic rings. The molecular formula is C12H21. The van der Waals surface area contributed by atoms with Crippen LogP contribution in [0.2, 0.25) is 0 Å². The van der Waals surface area contributed by atoms with Crippen LogP contribution >= 0.6 is 0 Å². The van der Waals surface area contributed by atoms with Gasteiger partial charge in [-0.1, -0.05) is 51.3 Å². The molecule has 0 aromatic heterocycles. The Labute approximate surface area is 77.4 Å². The molecule has 1 unspecified atom stereocenters. The van der Waals surface area contributed by atoms with Crippen molar-refractivity contribution in [3.8, 4) is 0 Å². The Kier molecular flexibility index (Phi) is 6.84. The van der Waals surface area contributed by atoms with E-state index in [1.807, 2.05) is 0 Å². The second-order valence-electron chi connectivity index (χ2n) is 3.42. The van der Waals surface area contributed by atoms with Gasteiger partial charge < -0.3 is 0 Å². The molecule has 0 amide bonds. The third kappa shape index (κ3) is 6.21. The summed E-state index contributed by atoms with van der Waals surface area (Å²) in [4.78, 5) is 0. The molecule has 0 heteroatoms. The molecule has 1 atom stereocenters. The summed E-state index contributed by atoms with van der Waals surface area (Å²) in [5.41, 5.74) is 1.36. The third-order valence-corrected chi connectivity index (χ3v) is 2.02. The molecule has 0 rings (SSSR count). The first kappa shape index (κ1) is 11.5. The van der Waals surface area contributed by atoms with Crippen molar-refractivity contribution in [3.05, 3.63) is 23.8 Å². The van der Waals surface area contributed by atoms with Gasteiger partial charge in [-0.05, 0) is 25.3 Å². The van der Waals surface area contributed by atoms with E-state index in [-0.39, 0.29) is 0 Å². The summed E-state index contributed by atoms with van der Waals surface area (Å²) < 4.78 is 0. The van der Waals surface area contributed by atoms with Gasteiger partial charge in [0.25, 0.3) is 0 Å². The number of allylic oxidation sites excluding steroid dienone is 4. The lowest BCUT2D eigenvalue weighted by atomic mass is 10.1. The van der Waals surface area contributed by atoms with Crippen LogP contribution in [0.5, 0.6) is 0 Å². The highest BCUT2D eigenvalue weighted by Gasteiger charge is 1.89. The molecule has 0 spiro atoms. The predicted molar refractivity (Wildman–Crippen MR) is 55.9 cm³/mol. The average molecular weight is 165 g/mol. The monoisotopic (exact) mass is 165 g/mol. The van der Waals surface area contributed by atoms with Crippen molar-refractivity contribution in [2.75, 3.05) is 0 Å². The Bertz CT molecular complexity index is 151. The van der Waals surface area contributed by atoms with E-state index in [4.69, 9.17) is 0 Å². The molecule has 0 saturated carbocycles. The van der Waals surface area contributed by atoms with E-state index in [1.165, 1.54) is 24.8 Å². The SMILES string of the molecule is CCC/C(C)=[C]/C=CC(C)CC. The summed E-state index contributed by atoms with van der Waals surface area (Å²) in [6, 6.07) is 0. The fourth-order valence-electron chi connectivity index (χ4n) is 0.938. The largest absolute Gasteiger partial charge is 0.0811 e. The summed E-state index contributed by atoms with van der Waals surface area (Å²) in [6.45, 7) is 8.78. The van der Waals surface area contributed by atoms with Gasteiger partial charge in [0.15, 0.2) is 0 Å². The molecule has 0 fully saturated rings. The maximum absolute atomic E-state index is 3.28. The lowest BCUT2D eigenvalue weighted by Crippen LogP contribution is -1.83. The molecule has 12 heavy (non-hydrogen) atoms. The van der Waals surface area contributed by atoms with Crippen LogP contribution in [0, 0.1) is 12.0 Å². The summed E-state index contributed by atoms with van der Waals surface area (Å²) >= 11 is 0. The van der Waals surface area contributed by atoms with Crippen molar-refractivity contribution in [2.45, 2.75) is 47.0 Å². The second-order valence-corrected chi connectivity index (χ2v) is 3.42. The van der Waals surface area contributed by atoms with Crippen LogP contribution in [-0.4, -0.2) is 0 Å². The van der Waals surface area contributed by atoms with Crippen LogP contribution in [0.1, 0.15) is 47.0 Å². The third-order valence-electron chi connectivity index (χ3n) is 2.02. The van der Waals surface area contributed by atoms with Gasteiger partial charge in [-0.25, -0.2) is 0 Å². The summed E-state index contributed by atoms with van der Waals surface area (Å²) in [7, 11) is 0. The van der Waals surface area contributed by atoms with E-state index < -0.39 is 0 Å². The summed E-state index contributed by atoms with van der Waals surface area (Å²) in [5.74, 6) is 0.687. The Morgan fingerprint density at radius 1 is 1.42 bits per heavy atom. The van der Waals surface area contributed by atoms with E-state index in [0.717, 1.165) is 0 Å². The summed E-state index contributed by atoms with van der Waals surface area (Å²) in [5, 5.41) is 0. The molecule has 0 heterocycles. The van der Waals surface area contributed by atoms with E-state index >= 15 is 0 Å². The maximum Gasteiger partial charge on any atom is -0.0199 e. The van der Waals surface area contributed by atoms with Crippen molar-refractivity contribution in [1.82, 2.24) is 0 Å². The molecule has 1 radical (unpaired) electrons. The van der Waals surface area contributed by atoms with Crippen molar-refractivity contribution >= 4 is 0 Å². The zero-order valence-corrected chi connectivity index (χ0v) is 8.85. The lowest BCUT2D eigenvalue weighted by Gasteiger charge is -1.98. The first-order valence-corrected chi connectivity index (χ1v) is 4.96. The highest BCUT2D eigenvalue weighted by Crippen LogP contribution is 2.05. The van der Waals surface area contributed by atoms with Crippen molar-refractivity contribution < 1.29 is 0 Å². The minimum absolute atomic E-state index is 0.687. The van der Waals surface area contributed by atoms with Crippen molar-refractivity contribution in [1.29, 1.82) is 0 Å². The zero-order chi connectivity index (χ0) is 9.40. The second kappa shape index (κ2) is 7.15. The van der Waals surface area contributed by atoms with Gasteiger partial charge in [-0.2, -0.15) is 0 Å². The Balaban J connectivity index is 3.77. The molecule has 0 aliphatic rings. The summed E-state index contributed by atoms with van der Waals surface area (Å²) in [6.07, 6.45) is 11.2. The van der Waals surface area contributed by atoms with E-state index in [0.29, 0.717) is 5.92 Å². The Hall–Kier alpha value is -0.520. The van der Waals surface area contributed by atoms with Gasteiger partial charge in [0.05, 0.1) is 0 Å². The number of rotatable bonds is 5. The van der Waals surface area contributed by atoms with Gasteiger partial charge >= 0.3 is 0 Å². The molecule has 0 aromatic carbocycles. The van der Waals surface area contributed by atoms with Gasteiger partial charge in [-0.3, -0.25) is 0 Å². The van der Waals surface area contributed by atoms with Crippen molar-refractivity contribution in [3.63, 3.8) is 0 Å². The first-order chi connectivity index (χ1) is 5.70. The molecule has 0 bridgehead atoms. The minimum Gasteiger partial charge on any atom is -0.0811 e. The molecule has 0 saturated heterocycles. The maximum atomic E-state index is 3.28. The predicted octanol–water partition coefficient (Wildman–Crippen LogP) is 4.14. The van der Waals surface area contributed by atoms with Gasteiger partial charge in [0.1, 0.15) is 0 Å².